The van der Waals surface area contributed by atoms with Crippen LogP contribution in [0, 0.1) is 23.2 Å². The molecule has 1 nitrogen and oxygen atoms in total. The predicted octanol–water partition coefficient (Wildman–Crippen LogP) is 3.58. The van der Waals surface area contributed by atoms with Gasteiger partial charge in [-0.15, -0.1) is 11.8 Å². The van der Waals surface area contributed by atoms with Crippen molar-refractivity contribution in [3.05, 3.63) is 0 Å². The first kappa shape index (κ1) is 14.5. The Morgan fingerprint density at radius 1 is 1.27 bits per heavy atom. The van der Waals surface area contributed by atoms with Crippen molar-refractivity contribution >= 4 is 0 Å². The second-order valence-electron chi connectivity index (χ2n) is 5.83. The number of rotatable bonds is 5. The van der Waals surface area contributed by atoms with Gasteiger partial charge in [-0.2, -0.15) is 0 Å². The molecule has 15 heavy (non-hydrogen) atoms. The fraction of sp³-hybridized carbons (Fsp3) is 0.857. The van der Waals surface area contributed by atoms with Gasteiger partial charge in [0.1, 0.15) is 0 Å². The van der Waals surface area contributed by atoms with Crippen LogP contribution in [0.25, 0.3) is 0 Å². The highest BCUT2D eigenvalue weighted by molar-refractivity contribution is 4.95. The van der Waals surface area contributed by atoms with Crippen LogP contribution in [0.1, 0.15) is 60.3 Å². The smallest absolute Gasteiger partial charge is 0.0103 e. The third kappa shape index (κ3) is 9.82. The summed E-state index contributed by atoms with van der Waals surface area (Å²) in [6, 6.07) is 0.322. The zero-order valence-corrected chi connectivity index (χ0v) is 11.1. The molecule has 0 aromatic heterocycles. The van der Waals surface area contributed by atoms with Crippen molar-refractivity contribution in [3.8, 4) is 11.8 Å². The Labute approximate surface area is 95.8 Å². The van der Waals surface area contributed by atoms with Gasteiger partial charge in [0, 0.05) is 12.5 Å². The Morgan fingerprint density at radius 2 is 1.87 bits per heavy atom. The Morgan fingerprint density at radius 3 is 2.33 bits per heavy atom. The van der Waals surface area contributed by atoms with E-state index in [9.17, 15) is 0 Å². The molecule has 0 aliphatic heterocycles. The van der Waals surface area contributed by atoms with Crippen molar-refractivity contribution < 1.29 is 0 Å². The predicted molar refractivity (Wildman–Crippen MR) is 68.5 cm³/mol. The van der Waals surface area contributed by atoms with Crippen LogP contribution in [0.3, 0.4) is 0 Å². The lowest BCUT2D eigenvalue weighted by Crippen LogP contribution is -2.24. The molecule has 0 aliphatic carbocycles. The summed E-state index contributed by atoms with van der Waals surface area (Å²) in [7, 11) is 0. The molecule has 0 aromatic rings. The first-order valence-corrected chi connectivity index (χ1v) is 6.00. The first-order valence-electron chi connectivity index (χ1n) is 6.00. The van der Waals surface area contributed by atoms with E-state index in [1.165, 1.54) is 6.42 Å². The lowest BCUT2D eigenvalue weighted by molar-refractivity contribution is 0.283. The Balaban J connectivity index is 3.74. The quantitative estimate of drug-likeness (QED) is 0.688. The maximum Gasteiger partial charge on any atom is 0.0103 e. The molecule has 1 heteroatoms. The molecule has 0 saturated heterocycles. The van der Waals surface area contributed by atoms with Gasteiger partial charge in [-0.25, -0.2) is 0 Å². The summed E-state index contributed by atoms with van der Waals surface area (Å²) in [5.41, 5.74) is 6.49. The molecule has 0 fully saturated rings. The van der Waals surface area contributed by atoms with Gasteiger partial charge in [-0.1, -0.05) is 27.7 Å². The number of hydrogen-bond donors (Lipinski definition) is 1. The van der Waals surface area contributed by atoms with E-state index >= 15 is 0 Å². The normalized spacial score (nSPS) is 15.3. The molecule has 0 rings (SSSR count). The van der Waals surface area contributed by atoms with Crippen LogP contribution in [0.15, 0.2) is 0 Å². The van der Waals surface area contributed by atoms with Crippen LogP contribution in [-0.4, -0.2) is 6.04 Å². The second kappa shape index (κ2) is 6.90. The van der Waals surface area contributed by atoms with Crippen LogP contribution < -0.4 is 5.73 Å². The SMILES string of the molecule is CC#CCCC(N)CC(C)CC(C)(C)C. The summed E-state index contributed by atoms with van der Waals surface area (Å²) in [5, 5.41) is 0. The lowest BCUT2D eigenvalue weighted by Gasteiger charge is -2.25. The van der Waals surface area contributed by atoms with E-state index < -0.39 is 0 Å². The summed E-state index contributed by atoms with van der Waals surface area (Å²) >= 11 is 0. The van der Waals surface area contributed by atoms with Gasteiger partial charge in [0.25, 0.3) is 0 Å². The van der Waals surface area contributed by atoms with Crippen molar-refractivity contribution in [2.45, 2.75) is 66.3 Å². The van der Waals surface area contributed by atoms with Crippen molar-refractivity contribution in [2.75, 3.05) is 0 Å². The average Bonchev–Trinajstić information content (AvgIpc) is 2.00. The molecule has 2 N–H and O–H groups in total. The molecular weight excluding hydrogens is 182 g/mol. The molecule has 0 aromatic carbocycles. The molecule has 0 bridgehead atoms. The molecular formula is C14H27N. The van der Waals surface area contributed by atoms with Gasteiger partial charge in [0.2, 0.25) is 0 Å². The molecule has 88 valence electrons. The topological polar surface area (TPSA) is 26.0 Å². The molecule has 0 aliphatic rings. The van der Waals surface area contributed by atoms with E-state index in [4.69, 9.17) is 5.73 Å². The largest absolute Gasteiger partial charge is 0.328 e. The average molecular weight is 209 g/mol. The van der Waals surface area contributed by atoms with E-state index in [0.717, 1.165) is 25.2 Å². The van der Waals surface area contributed by atoms with Gasteiger partial charge < -0.3 is 5.73 Å². The van der Waals surface area contributed by atoms with Gasteiger partial charge in [-0.05, 0) is 37.5 Å². The highest BCUT2D eigenvalue weighted by atomic mass is 14.6. The minimum Gasteiger partial charge on any atom is -0.328 e. The Bertz CT molecular complexity index is 214. The van der Waals surface area contributed by atoms with Crippen LogP contribution >= 0.6 is 0 Å². The van der Waals surface area contributed by atoms with Crippen molar-refractivity contribution in [1.82, 2.24) is 0 Å². The van der Waals surface area contributed by atoms with Crippen LogP contribution in [0.5, 0.6) is 0 Å². The standard InChI is InChI=1S/C14H27N/c1-6-7-8-9-13(15)10-12(2)11-14(3,4)5/h12-13H,8-11,15H2,1-5H3. The van der Waals surface area contributed by atoms with Crippen molar-refractivity contribution in [2.24, 2.45) is 17.1 Å². The summed E-state index contributed by atoms with van der Waals surface area (Å²) in [6.45, 7) is 11.1. The Kier molecular flexibility index (Phi) is 6.68. The van der Waals surface area contributed by atoms with Crippen LogP contribution in [0.4, 0.5) is 0 Å². The van der Waals surface area contributed by atoms with Crippen LogP contribution in [-0.2, 0) is 0 Å². The highest BCUT2D eigenvalue weighted by Gasteiger charge is 2.17. The number of hydrogen-bond acceptors (Lipinski definition) is 1. The zero-order chi connectivity index (χ0) is 11.9. The van der Waals surface area contributed by atoms with E-state index in [1.807, 2.05) is 6.92 Å². The summed E-state index contributed by atoms with van der Waals surface area (Å²) in [4.78, 5) is 0. The Hall–Kier alpha value is -0.480. The highest BCUT2D eigenvalue weighted by Crippen LogP contribution is 2.26. The summed E-state index contributed by atoms with van der Waals surface area (Å²) < 4.78 is 0. The maximum absolute atomic E-state index is 6.07. The van der Waals surface area contributed by atoms with Gasteiger partial charge in [0.05, 0.1) is 0 Å². The van der Waals surface area contributed by atoms with E-state index in [-0.39, 0.29) is 0 Å². The molecule has 2 atom stereocenters. The number of nitrogens with two attached hydrogens (primary N) is 1. The van der Waals surface area contributed by atoms with Crippen LogP contribution in [0.2, 0.25) is 0 Å². The molecule has 0 amide bonds. The summed E-state index contributed by atoms with van der Waals surface area (Å²) in [6.07, 6.45) is 4.36. The minimum atomic E-state index is 0.322. The molecule has 2 unspecified atom stereocenters. The summed E-state index contributed by atoms with van der Waals surface area (Å²) in [5.74, 6) is 6.70. The first-order chi connectivity index (χ1) is 6.85. The fourth-order valence-electron chi connectivity index (χ4n) is 2.15. The monoisotopic (exact) mass is 209 g/mol. The minimum absolute atomic E-state index is 0.322. The van der Waals surface area contributed by atoms with Crippen molar-refractivity contribution in [3.63, 3.8) is 0 Å². The molecule has 0 spiro atoms. The van der Waals surface area contributed by atoms with Gasteiger partial charge in [-0.3, -0.25) is 0 Å². The fourth-order valence-corrected chi connectivity index (χ4v) is 2.15. The third-order valence-corrected chi connectivity index (χ3v) is 2.48. The van der Waals surface area contributed by atoms with Gasteiger partial charge >= 0.3 is 0 Å². The molecule has 0 saturated carbocycles. The van der Waals surface area contributed by atoms with E-state index in [2.05, 4.69) is 39.5 Å². The zero-order valence-electron chi connectivity index (χ0n) is 11.1. The maximum atomic E-state index is 6.07. The molecule has 0 heterocycles. The molecule has 0 radical (unpaired) electrons. The van der Waals surface area contributed by atoms with Gasteiger partial charge in [0.15, 0.2) is 0 Å². The second-order valence-corrected chi connectivity index (χ2v) is 5.83. The van der Waals surface area contributed by atoms with E-state index in [0.29, 0.717) is 11.5 Å². The van der Waals surface area contributed by atoms with E-state index in [1.54, 1.807) is 0 Å². The van der Waals surface area contributed by atoms with Crippen molar-refractivity contribution in [1.29, 1.82) is 0 Å². The third-order valence-electron chi connectivity index (χ3n) is 2.48. The lowest BCUT2D eigenvalue weighted by atomic mass is 9.82.